The van der Waals surface area contributed by atoms with Crippen molar-refractivity contribution in [2.24, 2.45) is 4.99 Å². The van der Waals surface area contributed by atoms with Crippen LogP contribution in [0.3, 0.4) is 0 Å². The molecule has 0 bridgehead atoms. The maximum atomic E-state index is 13.8. The van der Waals surface area contributed by atoms with Crippen LogP contribution in [0.15, 0.2) is 94.4 Å². The van der Waals surface area contributed by atoms with Crippen molar-refractivity contribution < 1.29 is 32.5 Å². The second kappa shape index (κ2) is 13.8. The van der Waals surface area contributed by atoms with Gasteiger partial charge in [-0.15, -0.1) is 0 Å². The van der Waals surface area contributed by atoms with Crippen molar-refractivity contribution in [3.63, 3.8) is 0 Å². The van der Waals surface area contributed by atoms with Gasteiger partial charge >= 0.3 is 6.18 Å². The van der Waals surface area contributed by atoms with Crippen LogP contribution < -0.4 is 15.6 Å². The summed E-state index contributed by atoms with van der Waals surface area (Å²) in [4.78, 5) is 18.5. The lowest BCUT2D eigenvalue weighted by molar-refractivity contribution is -0.136. The molecule has 0 radical (unpaired) electrons. The molecule has 4 rings (SSSR count). The lowest BCUT2D eigenvalue weighted by Gasteiger charge is -2.30. The molecule has 1 amide bonds. The number of rotatable bonds is 12. The highest BCUT2D eigenvalue weighted by Crippen LogP contribution is 2.45. The van der Waals surface area contributed by atoms with Crippen LogP contribution in [0, 0.1) is 0 Å². The standard InChI is InChI=1S/C30H29BrF3N3O4/c31-25-12-5-4-11-24(25)26-29(28(39)37-35-20-30(32,33)34,17-6-10-21-8-2-1-3-9-21)36-27(41-26)22-13-15-23(16-14-22)40-19-7-18-38/h1-6,8-16,26,35,38H,7,17-20H2,(H,37,39)/b10-6+/t26-,29-/m0/s1. The molecular weight excluding hydrogens is 603 g/mol. The van der Waals surface area contributed by atoms with Crippen LogP contribution in [0.1, 0.15) is 35.6 Å². The highest BCUT2D eigenvalue weighted by atomic mass is 79.9. The number of halogens is 4. The molecule has 0 spiro atoms. The topological polar surface area (TPSA) is 92.2 Å². The zero-order chi connectivity index (χ0) is 29.3. The van der Waals surface area contributed by atoms with Gasteiger partial charge in [0.25, 0.3) is 5.91 Å². The smallest absolute Gasteiger partial charge is 0.402 e. The summed E-state index contributed by atoms with van der Waals surface area (Å²) in [6.07, 6.45) is -1.41. The number of carbonyl (C=O) groups excluding carboxylic acids is 1. The van der Waals surface area contributed by atoms with Gasteiger partial charge in [-0.3, -0.25) is 10.2 Å². The van der Waals surface area contributed by atoms with Crippen LogP contribution in [0.25, 0.3) is 6.08 Å². The Morgan fingerprint density at radius 2 is 1.78 bits per heavy atom. The molecule has 0 aliphatic carbocycles. The molecule has 2 atom stereocenters. The average Bonchev–Trinajstić information content (AvgIpc) is 3.34. The van der Waals surface area contributed by atoms with Crippen molar-refractivity contribution >= 4 is 33.8 Å². The van der Waals surface area contributed by atoms with Gasteiger partial charge in [0.05, 0.1) is 6.61 Å². The monoisotopic (exact) mass is 631 g/mol. The summed E-state index contributed by atoms with van der Waals surface area (Å²) in [6.45, 7) is -1.05. The number of ether oxygens (including phenoxy) is 2. The fourth-order valence-electron chi connectivity index (χ4n) is 4.25. The zero-order valence-corrected chi connectivity index (χ0v) is 23.5. The lowest BCUT2D eigenvalue weighted by Crippen LogP contribution is -2.54. The molecule has 7 nitrogen and oxygen atoms in total. The molecule has 1 heterocycles. The number of aliphatic imine (C=N–C) groups is 1. The van der Waals surface area contributed by atoms with E-state index < -0.39 is 30.3 Å². The van der Waals surface area contributed by atoms with Gasteiger partial charge in [-0.1, -0.05) is 76.6 Å². The number of hydrogen-bond acceptors (Lipinski definition) is 6. The minimum atomic E-state index is -4.53. The molecule has 3 N–H and O–H groups in total. The first-order valence-electron chi connectivity index (χ1n) is 12.9. The molecule has 0 aromatic heterocycles. The summed E-state index contributed by atoms with van der Waals surface area (Å²) in [5, 5.41) is 8.97. The van der Waals surface area contributed by atoms with E-state index in [0.717, 1.165) is 5.56 Å². The van der Waals surface area contributed by atoms with E-state index in [0.29, 0.717) is 34.4 Å². The van der Waals surface area contributed by atoms with Crippen molar-refractivity contribution in [3.8, 4) is 5.75 Å². The summed E-state index contributed by atoms with van der Waals surface area (Å²) >= 11 is 3.53. The Morgan fingerprint density at radius 1 is 1.07 bits per heavy atom. The molecule has 3 aromatic carbocycles. The van der Waals surface area contributed by atoms with Gasteiger partial charge in [0.15, 0.2) is 11.6 Å². The molecular formula is C30H29BrF3N3O4. The van der Waals surface area contributed by atoms with Crippen LogP contribution >= 0.6 is 15.9 Å². The fraction of sp³-hybridized carbons (Fsp3) is 0.267. The highest BCUT2D eigenvalue weighted by Gasteiger charge is 2.53. The number of hydrazine groups is 1. The Hall–Kier alpha value is -3.67. The van der Waals surface area contributed by atoms with E-state index in [9.17, 15) is 18.0 Å². The van der Waals surface area contributed by atoms with Crippen LogP contribution in [0.5, 0.6) is 5.75 Å². The number of alkyl halides is 3. The summed E-state index contributed by atoms with van der Waals surface area (Å²) in [5.74, 6) is -0.0415. The number of nitrogens with one attached hydrogen (secondary N) is 2. The third-order valence-electron chi connectivity index (χ3n) is 6.25. The molecule has 41 heavy (non-hydrogen) atoms. The number of benzene rings is 3. The van der Waals surface area contributed by atoms with E-state index in [1.54, 1.807) is 48.5 Å². The number of aliphatic hydroxyl groups excluding tert-OH is 1. The zero-order valence-electron chi connectivity index (χ0n) is 21.9. The summed E-state index contributed by atoms with van der Waals surface area (Å²) < 4.78 is 51.2. The fourth-order valence-corrected chi connectivity index (χ4v) is 4.74. The molecule has 1 aliphatic heterocycles. The van der Waals surface area contributed by atoms with Gasteiger partial charge in [0.2, 0.25) is 5.90 Å². The van der Waals surface area contributed by atoms with E-state index in [1.165, 1.54) is 0 Å². The minimum absolute atomic E-state index is 0.0137. The third kappa shape index (κ3) is 7.96. The quantitative estimate of drug-likeness (QED) is 0.175. The molecule has 0 saturated carbocycles. The van der Waals surface area contributed by atoms with Gasteiger partial charge in [0.1, 0.15) is 12.3 Å². The highest BCUT2D eigenvalue weighted by molar-refractivity contribution is 9.10. The second-order valence-corrected chi connectivity index (χ2v) is 10.1. The number of carbonyl (C=O) groups is 1. The van der Waals surface area contributed by atoms with Gasteiger partial charge in [-0.2, -0.15) is 13.2 Å². The van der Waals surface area contributed by atoms with E-state index in [2.05, 4.69) is 21.4 Å². The number of aliphatic hydroxyl groups is 1. The summed E-state index contributed by atoms with van der Waals surface area (Å²) in [7, 11) is 0. The molecule has 0 saturated heterocycles. The SMILES string of the molecule is O=C(NNCC(F)(F)F)[C@@]1(C/C=C/c2ccccc2)N=C(c2ccc(OCCCO)cc2)O[C@H]1c1ccccc1Br. The minimum Gasteiger partial charge on any atom is -0.494 e. The van der Waals surface area contributed by atoms with Gasteiger partial charge in [-0.25, -0.2) is 10.4 Å². The van der Waals surface area contributed by atoms with E-state index in [4.69, 9.17) is 19.6 Å². The Labute approximate surface area is 244 Å². The Morgan fingerprint density at radius 3 is 2.46 bits per heavy atom. The average molecular weight is 632 g/mol. The van der Waals surface area contributed by atoms with Crippen LogP contribution in [-0.2, 0) is 9.53 Å². The largest absolute Gasteiger partial charge is 0.494 e. The predicted molar refractivity (Wildman–Crippen MR) is 153 cm³/mol. The van der Waals surface area contributed by atoms with Gasteiger partial charge in [-0.05, 0) is 35.9 Å². The molecule has 11 heteroatoms. The first-order chi connectivity index (χ1) is 19.7. The van der Waals surface area contributed by atoms with Crippen LogP contribution in [0.2, 0.25) is 0 Å². The van der Waals surface area contributed by atoms with E-state index in [-0.39, 0.29) is 18.9 Å². The van der Waals surface area contributed by atoms with E-state index >= 15 is 0 Å². The van der Waals surface area contributed by atoms with Crippen molar-refractivity contribution in [1.29, 1.82) is 0 Å². The molecule has 0 unspecified atom stereocenters. The molecule has 3 aromatic rings. The first kappa shape index (κ1) is 30.3. The first-order valence-corrected chi connectivity index (χ1v) is 13.7. The Balaban J connectivity index is 1.73. The van der Waals surface area contributed by atoms with Gasteiger partial charge < -0.3 is 14.6 Å². The second-order valence-electron chi connectivity index (χ2n) is 9.25. The summed E-state index contributed by atoms with van der Waals surface area (Å²) in [5.41, 5.74) is 4.60. The lowest BCUT2D eigenvalue weighted by atomic mass is 9.84. The van der Waals surface area contributed by atoms with Crippen LogP contribution in [0.4, 0.5) is 13.2 Å². The maximum Gasteiger partial charge on any atom is 0.402 e. The Kier molecular flexibility index (Phi) is 10.2. The normalized spacial score (nSPS) is 18.7. The van der Waals surface area contributed by atoms with Crippen LogP contribution in [-0.4, -0.2) is 48.4 Å². The maximum absolute atomic E-state index is 13.8. The third-order valence-corrected chi connectivity index (χ3v) is 6.97. The number of amides is 1. The van der Waals surface area contributed by atoms with Crippen molar-refractivity contribution in [2.45, 2.75) is 30.7 Å². The van der Waals surface area contributed by atoms with Crippen molar-refractivity contribution in [3.05, 3.63) is 106 Å². The van der Waals surface area contributed by atoms with Crippen molar-refractivity contribution in [1.82, 2.24) is 10.9 Å². The number of hydrogen-bond donors (Lipinski definition) is 3. The molecule has 0 fully saturated rings. The van der Waals surface area contributed by atoms with Crippen molar-refractivity contribution in [2.75, 3.05) is 19.8 Å². The van der Waals surface area contributed by atoms with Gasteiger partial charge in [0, 0.05) is 35.0 Å². The Bertz CT molecular complexity index is 1370. The molecule has 1 aliphatic rings. The predicted octanol–water partition coefficient (Wildman–Crippen LogP) is 5.75. The molecule has 216 valence electrons. The number of nitrogens with zero attached hydrogens (tertiary/aromatic N) is 1. The van der Waals surface area contributed by atoms with E-state index in [1.807, 2.05) is 47.9 Å². The summed E-state index contributed by atoms with van der Waals surface area (Å²) in [6, 6.07) is 23.4.